The van der Waals surface area contributed by atoms with Crippen molar-refractivity contribution in [3.8, 4) is 0 Å². The van der Waals surface area contributed by atoms with Gasteiger partial charge < -0.3 is 20.6 Å². The molecule has 8 nitrogen and oxygen atoms in total. The Labute approximate surface area is 158 Å². The van der Waals surface area contributed by atoms with Gasteiger partial charge in [0.2, 0.25) is 0 Å². The van der Waals surface area contributed by atoms with Gasteiger partial charge in [0.1, 0.15) is 5.82 Å². The molecule has 0 radical (unpaired) electrons. The van der Waals surface area contributed by atoms with Gasteiger partial charge in [-0.25, -0.2) is 9.59 Å². The molecule has 1 fully saturated rings. The van der Waals surface area contributed by atoms with E-state index in [2.05, 4.69) is 26.7 Å². The lowest BCUT2D eigenvalue weighted by Crippen LogP contribution is -2.50. The smallest absolute Gasteiger partial charge is 0.335 e. The van der Waals surface area contributed by atoms with Crippen molar-refractivity contribution in [3.63, 3.8) is 0 Å². The van der Waals surface area contributed by atoms with E-state index in [0.717, 1.165) is 43.0 Å². The fourth-order valence-electron chi connectivity index (χ4n) is 3.38. The number of piperidine rings is 1. The predicted molar refractivity (Wildman–Crippen MR) is 102 cm³/mol. The van der Waals surface area contributed by atoms with Crippen molar-refractivity contribution in [1.29, 1.82) is 0 Å². The third-order valence-electron chi connectivity index (χ3n) is 4.71. The Hall–Kier alpha value is -3.03. The summed E-state index contributed by atoms with van der Waals surface area (Å²) in [6, 6.07) is 8.39. The average Bonchev–Trinajstić information content (AvgIpc) is 2.99. The van der Waals surface area contributed by atoms with Gasteiger partial charge in [-0.05, 0) is 37.5 Å². The van der Waals surface area contributed by atoms with Crippen LogP contribution in [0.25, 0.3) is 0 Å². The molecule has 2 heterocycles. The number of aromatic nitrogens is 2. The lowest BCUT2D eigenvalue weighted by atomic mass is 10.1. The largest absolute Gasteiger partial charge is 0.478 e. The molecule has 1 aromatic carbocycles. The van der Waals surface area contributed by atoms with E-state index in [4.69, 9.17) is 5.11 Å². The molecule has 0 aliphatic carbocycles. The number of hydrogen-bond acceptors (Lipinski definition) is 4. The fraction of sp³-hybridized carbons (Fsp3) is 0.421. The number of aryl methyl sites for hydroxylation is 2. The topological polar surface area (TPSA) is 99.5 Å². The van der Waals surface area contributed by atoms with Crippen LogP contribution < -0.4 is 15.5 Å². The zero-order chi connectivity index (χ0) is 19.4. The van der Waals surface area contributed by atoms with E-state index in [-0.39, 0.29) is 17.6 Å². The zero-order valence-electron chi connectivity index (χ0n) is 15.6. The molecule has 0 bridgehead atoms. The molecule has 1 aromatic heterocycles. The minimum atomic E-state index is -0.960. The van der Waals surface area contributed by atoms with Crippen molar-refractivity contribution in [2.75, 3.05) is 18.0 Å². The highest BCUT2D eigenvalue weighted by Gasteiger charge is 2.23. The van der Waals surface area contributed by atoms with Crippen LogP contribution in [0.4, 0.5) is 10.6 Å². The van der Waals surface area contributed by atoms with E-state index in [1.165, 1.54) is 12.1 Å². The Morgan fingerprint density at radius 3 is 2.67 bits per heavy atom. The van der Waals surface area contributed by atoms with Crippen LogP contribution in [0.5, 0.6) is 0 Å². The number of amides is 2. The van der Waals surface area contributed by atoms with E-state index in [1.807, 2.05) is 18.7 Å². The number of urea groups is 1. The monoisotopic (exact) mass is 371 g/mol. The molecule has 3 N–H and O–H groups in total. The van der Waals surface area contributed by atoms with Gasteiger partial charge in [-0.15, -0.1) is 0 Å². The fourth-order valence-corrected chi connectivity index (χ4v) is 3.38. The van der Waals surface area contributed by atoms with Crippen molar-refractivity contribution in [2.45, 2.75) is 32.4 Å². The van der Waals surface area contributed by atoms with Crippen molar-refractivity contribution in [2.24, 2.45) is 7.05 Å². The summed E-state index contributed by atoms with van der Waals surface area (Å²) >= 11 is 0. The Morgan fingerprint density at radius 2 is 2.04 bits per heavy atom. The lowest BCUT2D eigenvalue weighted by molar-refractivity contribution is 0.0697. The van der Waals surface area contributed by atoms with E-state index in [1.54, 1.807) is 12.1 Å². The van der Waals surface area contributed by atoms with Crippen LogP contribution in [0.1, 0.15) is 34.5 Å². The lowest BCUT2D eigenvalue weighted by Gasteiger charge is -2.34. The summed E-state index contributed by atoms with van der Waals surface area (Å²) in [6.07, 6.45) is 1.94. The van der Waals surface area contributed by atoms with Crippen molar-refractivity contribution < 1.29 is 14.7 Å². The number of nitrogens with zero attached hydrogens (tertiary/aromatic N) is 3. The molecule has 1 unspecified atom stereocenters. The van der Waals surface area contributed by atoms with Gasteiger partial charge in [0.25, 0.3) is 0 Å². The Bertz CT molecular complexity index is 815. The minimum Gasteiger partial charge on any atom is -0.478 e. The average molecular weight is 371 g/mol. The second kappa shape index (κ2) is 8.11. The van der Waals surface area contributed by atoms with E-state index >= 15 is 0 Å². The van der Waals surface area contributed by atoms with Gasteiger partial charge in [-0.3, -0.25) is 4.68 Å². The summed E-state index contributed by atoms with van der Waals surface area (Å²) in [4.78, 5) is 25.3. The number of carboxylic acid groups (broad SMARTS) is 1. The van der Waals surface area contributed by atoms with Gasteiger partial charge in [0.05, 0.1) is 11.3 Å². The van der Waals surface area contributed by atoms with Crippen molar-refractivity contribution >= 4 is 17.8 Å². The van der Waals surface area contributed by atoms with Gasteiger partial charge in [0, 0.05) is 38.8 Å². The second-order valence-electron chi connectivity index (χ2n) is 6.88. The molecule has 1 atom stereocenters. The summed E-state index contributed by atoms with van der Waals surface area (Å²) in [5.74, 6) is 0.107. The molecule has 1 aliphatic rings. The summed E-state index contributed by atoms with van der Waals surface area (Å²) in [5, 5.41) is 19.2. The first-order valence-corrected chi connectivity index (χ1v) is 9.04. The molecule has 0 spiro atoms. The highest BCUT2D eigenvalue weighted by molar-refractivity contribution is 5.87. The van der Waals surface area contributed by atoms with Gasteiger partial charge in [-0.2, -0.15) is 5.10 Å². The van der Waals surface area contributed by atoms with Crippen LogP contribution in [0.3, 0.4) is 0 Å². The molecule has 2 amide bonds. The SMILES string of the molecule is Cc1cc(N2CCCC(NC(=O)NCc3ccc(C(=O)O)cc3)C2)n(C)n1. The highest BCUT2D eigenvalue weighted by atomic mass is 16.4. The molecule has 2 aromatic rings. The third kappa shape index (κ3) is 4.78. The van der Waals surface area contributed by atoms with Crippen LogP contribution in [-0.2, 0) is 13.6 Å². The molecule has 144 valence electrons. The van der Waals surface area contributed by atoms with Crippen LogP contribution in [0.15, 0.2) is 30.3 Å². The molecule has 1 saturated heterocycles. The first-order valence-electron chi connectivity index (χ1n) is 9.04. The molecule has 27 heavy (non-hydrogen) atoms. The van der Waals surface area contributed by atoms with Crippen LogP contribution in [0, 0.1) is 6.92 Å². The number of carboxylic acids is 1. The maximum atomic E-state index is 12.2. The third-order valence-corrected chi connectivity index (χ3v) is 4.71. The first kappa shape index (κ1) is 18.8. The Balaban J connectivity index is 1.50. The second-order valence-corrected chi connectivity index (χ2v) is 6.88. The summed E-state index contributed by atoms with van der Waals surface area (Å²) in [5.41, 5.74) is 2.07. The maximum Gasteiger partial charge on any atom is 0.335 e. The van der Waals surface area contributed by atoms with E-state index in [0.29, 0.717) is 6.54 Å². The summed E-state index contributed by atoms with van der Waals surface area (Å²) in [7, 11) is 1.93. The maximum absolute atomic E-state index is 12.2. The summed E-state index contributed by atoms with van der Waals surface area (Å²) < 4.78 is 1.87. The standard InChI is InChI=1S/C19H25N5O3/c1-13-10-17(23(2)22-13)24-9-3-4-16(12-24)21-19(27)20-11-14-5-7-15(8-6-14)18(25)26/h5-8,10,16H,3-4,9,11-12H2,1-2H3,(H,25,26)(H2,20,21,27). The molecule has 3 rings (SSSR count). The number of hydrogen-bond donors (Lipinski definition) is 3. The number of anilines is 1. The molecular weight excluding hydrogens is 346 g/mol. The van der Waals surface area contributed by atoms with Crippen molar-refractivity contribution in [3.05, 3.63) is 47.2 Å². The molecule has 0 saturated carbocycles. The van der Waals surface area contributed by atoms with Crippen LogP contribution in [0.2, 0.25) is 0 Å². The molecule has 1 aliphatic heterocycles. The number of aromatic carboxylic acids is 1. The van der Waals surface area contributed by atoms with Crippen molar-refractivity contribution in [1.82, 2.24) is 20.4 Å². The quantitative estimate of drug-likeness (QED) is 0.745. The number of benzene rings is 1. The zero-order valence-corrected chi connectivity index (χ0v) is 15.6. The predicted octanol–water partition coefficient (Wildman–Crippen LogP) is 1.89. The number of rotatable bonds is 5. The molecular formula is C19H25N5O3. The normalized spacial score (nSPS) is 16.8. The molecule has 8 heteroatoms. The number of carbonyl (C=O) groups is 2. The minimum absolute atomic E-state index is 0.0725. The van der Waals surface area contributed by atoms with E-state index in [9.17, 15) is 9.59 Å². The van der Waals surface area contributed by atoms with E-state index < -0.39 is 5.97 Å². The Kier molecular flexibility index (Phi) is 5.63. The van der Waals surface area contributed by atoms with Gasteiger partial charge in [-0.1, -0.05) is 12.1 Å². The number of carbonyl (C=O) groups excluding carboxylic acids is 1. The van der Waals surface area contributed by atoms with Gasteiger partial charge in [0.15, 0.2) is 0 Å². The first-order chi connectivity index (χ1) is 12.9. The van der Waals surface area contributed by atoms with Crippen LogP contribution in [-0.4, -0.2) is 46.0 Å². The summed E-state index contributed by atoms with van der Waals surface area (Å²) in [6.45, 7) is 4.02. The Morgan fingerprint density at radius 1 is 1.30 bits per heavy atom. The van der Waals surface area contributed by atoms with Crippen LogP contribution >= 0.6 is 0 Å². The van der Waals surface area contributed by atoms with Gasteiger partial charge >= 0.3 is 12.0 Å². The number of nitrogens with one attached hydrogen (secondary N) is 2. The highest BCUT2D eigenvalue weighted by Crippen LogP contribution is 2.20.